The minimum absolute atomic E-state index is 0.127. The molecule has 0 fully saturated rings. The number of aromatic nitrogens is 2. The molecule has 2 aromatic rings. The van der Waals surface area contributed by atoms with Crippen LogP contribution in [0.5, 0.6) is 5.88 Å². The third-order valence-corrected chi connectivity index (χ3v) is 2.84. The maximum absolute atomic E-state index is 5.86. The lowest BCUT2D eigenvalue weighted by Crippen LogP contribution is -2.08. The Balaban J connectivity index is 2.10. The number of anilines is 1. The summed E-state index contributed by atoms with van der Waals surface area (Å²) in [6.45, 7) is 2.05. The molecule has 4 nitrogen and oxygen atoms in total. The number of ether oxygens (including phenoxy) is 1. The van der Waals surface area contributed by atoms with Gasteiger partial charge in [0.25, 0.3) is 0 Å². The molecule has 0 aliphatic carbocycles. The Bertz CT molecular complexity index is 516. The molecule has 0 spiro atoms. The van der Waals surface area contributed by atoms with Crippen LogP contribution < -0.4 is 10.1 Å². The summed E-state index contributed by atoms with van der Waals surface area (Å²) >= 11 is 5.86. The average Bonchev–Trinajstić information content (AvgIpc) is 2.39. The molecule has 0 radical (unpaired) electrons. The third kappa shape index (κ3) is 3.11. The lowest BCUT2D eigenvalue weighted by Gasteiger charge is -2.15. The molecule has 1 aromatic heterocycles. The summed E-state index contributed by atoms with van der Waals surface area (Å²) in [6, 6.07) is 9.59. The number of hydrogen-bond donors (Lipinski definition) is 1. The third-order valence-electron chi connectivity index (χ3n) is 2.59. The van der Waals surface area contributed by atoms with Crippen LogP contribution >= 0.6 is 11.6 Å². The van der Waals surface area contributed by atoms with Crippen molar-refractivity contribution >= 4 is 17.4 Å². The molecule has 1 atom stereocenters. The van der Waals surface area contributed by atoms with Gasteiger partial charge in [0.05, 0.1) is 7.11 Å². The molecule has 0 amide bonds. The van der Waals surface area contributed by atoms with E-state index in [1.54, 1.807) is 13.2 Å². The van der Waals surface area contributed by atoms with Crippen molar-refractivity contribution in [2.45, 2.75) is 13.0 Å². The second-order valence-electron chi connectivity index (χ2n) is 3.86. The number of halogens is 1. The minimum Gasteiger partial charge on any atom is -0.481 e. The van der Waals surface area contributed by atoms with Crippen LogP contribution in [0.4, 0.5) is 5.82 Å². The highest BCUT2D eigenvalue weighted by molar-refractivity contribution is 6.30. The quantitative estimate of drug-likeness (QED) is 0.919. The maximum atomic E-state index is 5.86. The number of hydrogen-bond acceptors (Lipinski definition) is 4. The van der Waals surface area contributed by atoms with Crippen LogP contribution in [0.15, 0.2) is 36.7 Å². The van der Waals surface area contributed by atoms with E-state index in [9.17, 15) is 0 Å². The molecular formula is C13H14ClN3O. The van der Waals surface area contributed by atoms with E-state index in [1.165, 1.54) is 6.33 Å². The summed E-state index contributed by atoms with van der Waals surface area (Å²) < 4.78 is 5.05. The van der Waals surface area contributed by atoms with Crippen LogP contribution in [-0.4, -0.2) is 17.1 Å². The van der Waals surface area contributed by atoms with Crippen LogP contribution in [0.2, 0.25) is 5.02 Å². The van der Waals surface area contributed by atoms with E-state index in [2.05, 4.69) is 22.2 Å². The van der Waals surface area contributed by atoms with Crippen LogP contribution in [0.1, 0.15) is 18.5 Å². The van der Waals surface area contributed by atoms with E-state index < -0.39 is 0 Å². The van der Waals surface area contributed by atoms with Crippen molar-refractivity contribution in [1.29, 1.82) is 0 Å². The Labute approximate surface area is 111 Å². The highest BCUT2D eigenvalue weighted by Crippen LogP contribution is 2.20. The number of benzene rings is 1. The Morgan fingerprint density at radius 2 is 1.94 bits per heavy atom. The monoisotopic (exact) mass is 263 g/mol. The second-order valence-corrected chi connectivity index (χ2v) is 4.30. The first-order chi connectivity index (χ1) is 8.69. The van der Waals surface area contributed by atoms with Crippen molar-refractivity contribution < 1.29 is 4.74 Å². The van der Waals surface area contributed by atoms with Gasteiger partial charge in [-0.3, -0.25) is 0 Å². The van der Waals surface area contributed by atoms with Gasteiger partial charge in [-0.05, 0) is 24.6 Å². The maximum Gasteiger partial charge on any atom is 0.218 e. The Morgan fingerprint density at radius 3 is 2.61 bits per heavy atom. The average molecular weight is 264 g/mol. The predicted molar refractivity (Wildman–Crippen MR) is 72.1 cm³/mol. The zero-order valence-electron chi connectivity index (χ0n) is 10.2. The van der Waals surface area contributed by atoms with Crippen molar-refractivity contribution in [3.05, 3.63) is 47.2 Å². The summed E-state index contributed by atoms with van der Waals surface area (Å²) in [4.78, 5) is 8.10. The molecule has 0 aliphatic rings. The first-order valence-corrected chi connectivity index (χ1v) is 5.95. The molecule has 0 aliphatic heterocycles. The Kier molecular flexibility index (Phi) is 3.99. The molecule has 0 saturated carbocycles. The summed E-state index contributed by atoms with van der Waals surface area (Å²) in [5.74, 6) is 1.26. The summed E-state index contributed by atoms with van der Waals surface area (Å²) in [6.07, 6.45) is 1.47. The van der Waals surface area contributed by atoms with E-state index in [0.717, 1.165) is 16.4 Å². The predicted octanol–water partition coefficient (Wildman–Crippen LogP) is 3.31. The Hall–Kier alpha value is -1.81. The van der Waals surface area contributed by atoms with Crippen LogP contribution in [0.3, 0.4) is 0 Å². The van der Waals surface area contributed by atoms with E-state index in [-0.39, 0.29) is 6.04 Å². The standard InChI is InChI=1S/C13H14ClN3O/c1-9(10-3-5-11(14)6-4-10)17-12-7-13(18-2)16-8-15-12/h3-9H,1-2H3,(H,15,16,17). The summed E-state index contributed by atoms with van der Waals surface area (Å²) in [7, 11) is 1.58. The van der Waals surface area contributed by atoms with Gasteiger partial charge in [0.15, 0.2) is 0 Å². The molecular weight excluding hydrogens is 250 g/mol. The van der Waals surface area contributed by atoms with Crippen LogP contribution in [-0.2, 0) is 0 Å². The summed E-state index contributed by atoms with van der Waals surface area (Å²) in [5, 5.41) is 4.01. The SMILES string of the molecule is COc1cc(NC(C)c2ccc(Cl)cc2)ncn1. The largest absolute Gasteiger partial charge is 0.481 e. The van der Waals surface area contributed by atoms with Crippen molar-refractivity contribution in [2.75, 3.05) is 12.4 Å². The van der Waals surface area contributed by atoms with Crippen molar-refractivity contribution in [3.63, 3.8) is 0 Å². The van der Waals surface area contributed by atoms with Crippen molar-refractivity contribution in [2.24, 2.45) is 0 Å². The molecule has 2 rings (SSSR count). The fourth-order valence-corrected chi connectivity index (χ4v) is 1.71. The lowest BCUT2D eigenvalue weighted by molar-refractivity contribution is 0.397. The van der Waals surface area contributed by atoms with E-state index in [4.69, 9.17) is 16.3 Å². The van der Waals surface area contributed by atoms with Gasteiger partial charge in [0.2, 0.25) is 5.88 Å². The molecule has 5 heteroatoms. The topological polar surface area (TPSA) is 47.0 Å². The fourth-order valence-electron chi connectivity index (χ4n) is 1.59. The number of nitrogens with one attached hydrogen (secondary N) is 1. The lowest BCUT2D eigenvalue weighted by atomic mass is 10.1. The van der Waals surface area contributed by atoms with Gasteiger partial charge in [-0.1, -0.05) is 23.7 Å². The van der Waals surface area contributed by atoms with Gasteiger partial charge in [-0.2, -0.15) is 0 Å². The normalized spacial score (nSPS) is 11.9. The van der Waals surface area contributed by atoms with Gasteiger partial charge in [-0.15, -0.1) is 0 Å². The first-order valence-electron chi connectivity index (χ1n) is 5.57. The van der Waals surface area contributed by atoms with E-state index >= 15 is 0 Å². The molecule has 18 heavy (non-hydrogen) atoms. The van der Waals surface area contributed by atoms with Gasteiger partial charge in [0.1, 0.15) is 12.1 Å². The molecule has 1 N–H and O–H groups in total. The second kappa shape index (κ2) is 5.69. The highest BCUT2D eigenvalue weighted by atomic mass is 35.5. The molecule has 0 saturated heterocycles. The number of rotatable bonds is 4. The molecule has 1 unspecified atom stereocenters. The molecule has 1 aromatic carbocycles. The minimum atomic E-state index is 0.127. The van der Waals surface area contributed by atoms with E-state index in [1.807, 2.05) is 24.3 Å². The zero-order valence-corrected chi connectivity index (χ0v) is 11.0. The number of nitrogens with zero attached hydrogens (tertiary/aromatic N) is 2. The van der Waals surface area contributed by atoms with Crippen molar-refractivity contribution in [3.8, 4) is 5.88 Å². The molecule has 94 valence electrons. The fraction of sp³-hybridized carbons (Fsp3) is 0.231. The van der Waals surface area contributed by atoms with Gasteiger partial charge >= 0.3 is 0 Å². The Morgan fingerprint density at radius 1 is 1.22 bits per heavy atom. The van der Waals surface area contributed by atoms with Crippen LogP contribution in [0.25, 0.3) is 0 Å². The van der Waals surface area contributed by atoms with E-state index in [0.29, 0.717) is 5.88 Å². The molecule has 0 bridgehead atoms. The van der Waals surface area contributed by atoms with Gasteiger partial charge in [-0.25, -0.2) is 9.97 Å². The van der Waals surface area contributed by atoms with Gasteiger partial charge < -0.3 is 10.1 Å². The zero-order chi connectivity index (χ0) is 13.0. The highest BCUT2D eigenvalue weighted by Gasteiger charge is 2.06. The summed E-state index contributed by atoms with van der Waals surface area (Å²) in [5.41, 5.74) is 1.14. The first kappa shape index (κ1) is 12.6. The van der Waals surface area contributed by atoms with Gasteiger partial charge in [0, 0.05) is 17.1 Å². The van der Waals surface area contributed by atoms with Crippen molar-refractivity contribution in [1.82, 2.24) is 9.97 Å². The van der Waals surface area contributed by atoms with Crippen LogP contribution in [0, 0.1) is 0 Å². The number of methoxy groups -OCH3 is 1. The molecule has 1 heterocycles. The smallest absolute Gasteiger partial charge is 0.218 e.